The van der Waals surface area contributed by atoms with Crippen molar-refractivity contribution >= 4 is 13.7 Å². The zero-order valence-electron chi connectivity index (χ0n) is 58.5. The molecule has 3 N–H and O–H groups in total. The number of phosphoric ester groups is 1. The van der Waals surface area contributed by atoms with Crippen LogP contribution >= 0.6 is 7.82 Å². The van der Waals surface area contributed by atoms with E-state index in [0.29, 0.717) is 17.4 Å². The summed E-state index contributed by atoms with van der Waals surface area (Å²) in [6, 6.07) is -0.872. The number of carbonyl (C=O) groups excluding carboxylic acids is 1. The topological polar surface area (TPSA) is 105 Å². The van der Waals surface area contributed by atoms with E-state index in [-0.39, 0.29) is 19.1 Å². The van der Waals surface area contributed by atoms with Gasteiger partial charge in [0.15, 0.2) is 0 Å². The molecule has 0 aliphatic rings. The number of unbranched alkanes of at least 4 members (excludes halogenated alkanes) is 47. The fourth-order valence-electron chi connectivity index (χ4n) is 11.3. The van der Waals surface area contributed by atoms with Crippen LogP contribution in [0.4, 0.5) is 0 Å². The summed E-state index contributed by atoms with van der Waals surface area (Å²) in [4.78, 5) is 23.4. The van der Waals surface area contributed by atoms with Gasteiger partial charge < -0.3 is 19.8 Å². The smallest absolute Gasteiger partial charge is 0.387 e. The van der Waals surface area contributed by atoms with E-state index < -0.39 is 20.0 Å². The average molecular weight is 1240 g/mol. The molecule has 0 aromatic rings. The molecular formula is C78H148N2O6P+. The minimum absolute atomic E-state index is 0.0536. The van der Waals surface area contributed by atoms with Gasteiger partial charge in [-0.2, -0.15) is 0 Å². The highest BCUT2D eigenvalue weighted by atomic mass is 31.2. The van der Waals surface area contributed by atoms with Crippen LogP contribution in [0.15, 0.2) is 72.9 Å². The third kappa shape index (κ3) is 71.2. The summed E-state index contributed by atoms with van der Waals surface area (Å²) in [6.07, 6.45) is 96.6. The Morgan fingerprint density at radius 1 is 0.391 bits per heavy atom. The van der Waals surface area contributed by atoms with Crippen molar-refractivity contribution < 1.29 is 32.9 Å². The third-order valence-corrected chi connectivity index (χ3v) is 18.1. The van der Waals surface area contributed by atoms with Gasteiger partial charge in [-0.05, 0) is 83.5 Å². The molecule has 3 atom stereocenters. The van der Waals surface area contributed by atoms with Crippen LogP contribution in [-0.4, -0.2) is 73.4 Å². The molecule has 510 valence electrons. The van der Waals surface area contributed by atoms with Crippen LogP contribution in [0.3, 0.4) is 0 Å². The van der Waals surface area contributed by atoms with E-state index in [2.05, 4.69) is 79.9 Å². The van der Waals surface area contributed by atoms with Gasteiger partial charge in [0, 0.05) is 6.42 Å². The minimum Gasteiger partial charge on any atom is -0.387 e. The van der Waals surface area contributed by atoms with Crippen molar-refractivity contribution in [3.8, 4) is 0 Å². The van der Waals surface area contributed by atoms with Crippen LogP contribution in [0.2, 0.25) is 0 Å². The molecule has 8 nitrogen and oxygen atoms in total. The summed E-state index contributed by atoms with van der Waals surface area (Å²) in [5.74, 6) is -0.185. The van der Waals surface area contributed by atoms with Gasteiger partial charge >= 0.3 is 7.82 Å². The minimum atomic E-state index is -4.37. The zero-order chi connectivity index (χ0) is 63.4. The van der Waals surface area contributed by atoms with Crippen LogP contribution in [0, 0.1) is 0 Å². The second-order valence-electron chi connectivity index (χ2n) is 27.0. The lowest BCUT2D eigenvalue weighted by atomic mass is 10.0. The highest BCUT2D eigenvalue weighted by Crippen LogP contribution is 2.43. The Morgan fingerprint density at radius 2 is 0.667 bits per heavy atom. The summed E-state index contributed by atoms with van der Waals surface area (Å²) in [7, 11) is 1.56. The molecule has 0 saturated heterocycles. The first-order valence-corrected chi connectivity index (χ1v) is 39.3. The molecule has 0 spiro atoms. The number of amides is 1. The first-order chi connectivity index (χ1) is 42.5. The molecule has 0 aromatic carbocycles. The number of quaternary nitrogens is 1. The first kappa shape index (κ1) is 84.9. The Morgan fingerprint density at radius 3 is 1.00 bits per heavy atom. The lowest BCUT2D eigenvalue weighted by Gasteiger charge is -2.25. The van der Waals surface area contributed by atoms with E-state index >= 15 is 0 Å². The molecule has 1 amide bonds. The van der Waals surface area contributed by atoms with Gasteiger partial charge in [-0.3, -0.25) is 13.8 Å². The molecule has 0 saturated carbocycles. The zero-order valence-corrected chi connectivity index (χ0v) is 59.4. The Kier molecular flexibility index (Phi) is 66.7. The van der Waals surface area contributed by atoms with Crippen LogP contribution in [0.1, 0.15) is 367 Å². The number of likely N-dealkylation sites (N-methyl/N-ethyl adjacent to an activating group) is 1. The van der Waals surface area contributed by atoms with E-state index in [1.54, 1.807) is 6.08 Å². The van der Waals surface area contributed by atoms with E-state index in [1.165, 1.54) is 289 Å². The third-order valence-electron chi connectivity index (χ3n) is 17.1. The Balaban J connectivity index is 3.97. The number of carbonyl (C=O) groups is 1. The Hall–Kier alpha value is -2.06. The highest BCUT2D eigenvalue weighted by molar-refractivity contribution is 7.47. The Labute approximate surface area is 542 Å². The van der Waals surface area contributed by atoms with Gasteiger partial charge in [0.1, 0.15) is 13.2 Å². The second-order valence-corrected chi connectivity index (χ2v) is 28.5. The summed E-state index contributed by atoms with van der Waals surface area (Å²) in [5.41, 5.74) is 0. The molecule has 0 aromatic heterocycles. The van der Waals surface area contributed by atoms with Crippen LogP contribution in [-0.2, 0) is 18.4 Å². The molecule has 0 rings (SSSR count). The lowest BCUT2D eigenvalue weighted by Crippen LogP contribution is -2.45. The maximum absolute atomic E-state index is 13.1. The maximum Gasteiger partial charge on any atom is 0.472 e. The monoisotopic (exact) mass is 1240 g/mol. The van der Waals surface area contributed by atoms with Crippen molar-refractivity contribution in [2.45, 2.75) is 379 Å². The number of phosphoric acid groups is 1. The van der Waals surface area contributed by atoms with Crippen LogP contribution < -0.4 is 5.32 Å². The van der Waals surface area contributed by atoms with Crippen molar-refractivity contribution in [1.82, 2.24) is 5.32 Å². The van der Waals surface area contributed by atoms with Gasteiger partial charge in [0.25, 0.3) is 0 Å². The van der Waals surface area contributed by atoms with Crippen molar-refractivity contribution in [2.24, 2.45) is 0 Å². The van der Waals surface area contributed by atoms with E-state index in [1.807, 2.05) is 27.2 Å². The summed E-state index contributed by atoms with van der Waals surface area (Å²) < 4.78 is 23.8. The fraction of sp³-hybridized carbons (Fsp3) is 0.833. The molecule has 0 fully saturated rings. The number of nitrogens with one attached hydrogen (secondary N) is 1. The summed E-state index contributed by atoms with van der Waals surface area (Å²) in [5, 5.41) is 14.0. The molecular weight excluding hydrogens is 1090 g/mol. The van der Waals surface area contributed by atoms with Crippen molar-refractivity contribution in [3.63, 3.8) is 0 Å². The number of nitrogens with zero attached hydrogens (tertiary/aromatic N) is 1. The molecule has 0 aliphatic heterocycles. The quantitative estimate of drug-likeness (QED) is 0.0243. The van der Waals surface area contributed by atoms with Crippen molar-refractivity contribution in [1.29, 1.82) is 0 Å². The molecule has 0 aliphatic carbocycles. The number of allylic oxidation sites excluding steroid dienone is 11. The van der Waals surface area contributed by atoms with Gasteiger partial charge in [-0.1, -0.05) is 350 Å². The molecule has 0 bridgehead atoms. The second kappa shape index (κ2) is 68.3. The first-order valence-electron chi connectivity index (χ1n) is 37.8. The van der Waals surface area contributed by atoms with Crippen molar-refractivity contribution in [2.75, 3.05) is 40.9 Å². The highest BCUT2D eigenvalue weighted by Gasteiger charge is 2.28. The average Bonchev–Trinajstić information content (AvgIpc) is 3.71. The molecule has 0 radical (unpaired) electrons. The Bertz CT molecular complexity index is 1650. The van der Waals surface area contributed by atoms with Gasteiger partial charge in [-0.15, -0.1) is 0 Å². The number of hydrogen-bond donors (Lipinski definition) is 3. The number of aliphatic hydroxyl groups is 1. The molecule has 3 unspecified atom stereocenters. The fourth-order valence-corrected chi connectivity index (χ4v) is 12.0. The molecule has 87 heavy (non-hydrogen) atoms. The number of hydrogen-bond acceptors (Lipinski definition) is 5. The lowest BCUT2D eigenvalue weighted by molar-refractivity contribution is -0.870. The van der Waals surface area contributed by atoms with Crippen molar-refractivity contribution in [3.05, 3.63) is 72.9 Å². The van der Waals surface area contributed by atoms with Crippen LogP contribution in [0.25, 0.3) is 0 Å². The van der Waals surface area contributed by atoms with E-state index in [9.17, 15) is 19.4 Å². The number of aliphatic hydroxyl groups excluding tert-OH is 1. The number of rotatable bonds is 70. The summed E-state index contributed by atoms with van der Waals surface area (Å²) >= 11 is 0. The van der Waals surface area contributed by atoms with E-state index in [4.69, 9.17) is 9.05 Å². The predicted octanol–water partition coefficient (Wildman–Crippen LogP) is 24.5. The molecule has 9 heteroatoms. The van der Waals surface area contributed by atoms with E-state index in [0.717, 1.165) is 57.8 Å². The standard InChI is InChI=1S/C78H147N2O6P/c1-6-8-10-12-14-16-18-20-22-24-26-28-30-32-33-34-35-36-37-38-39-40-41-42-43-44-45-46-47-48-50-52-54-56-58-60-62-64-66-68-70-72-78(82)79-76(75-86-87(83,84)85-74-73-80(3,4)5)77(81)71-69-67-65-63-61-59-57-55-53-51-49-31-29-27-25-23-21-19-17-15-13-11-9-7-2/h18,20,24,26,30,32,53,55,61,63,69,71,76-77,81H,6-17,19,21-23,25,27-29,31,33-52,54,56-60,62,64-68,70,72-75H2,1-5H3,(H-,79,82,83,84)/p+1/b20-18-,26-24-,32-30-,55-53+,63-61+,71-69+. The van der Waals surface area contributed by atoms with Gasteiger partial charge in [0.2, 0.25) is 5.91 Å². The maximum atomic E-state index is 13.1. The van der Waals surface area contributed by atoms with Gasteiger partial charge in [-0.25, -0.2) is 4.57 Å². The largest absolute Gasteiger partial charge is 0.472 e. The predicted molar refractivity (Wildman–Crippen MR) is 383 cm³/mol. The molecule has 0 heterocycles. The normalized spacial score (nSPS) is 14.0. The SMILES string of the molecule is CCCCCCC/C=C\C/C=C\C/C=C\CCCCCCCCCCCCCCCCCCCCCCCCCCCCC(=O)NC(COP(=O)(O)OCC[N+](C)(C)C)C(O)/C=C/CC/C=C/CC/C=C/CCCCCCCCCCCCCCCC. The van der Waals surface area contributed by atoms with Crippen LogP contribution in [0.5, 0.6) is 0 Å². The summed E-state index contributed by atoms with van der Waals surface area (Å²) in [6.45, 7) is 4.82. The van der Waals surface area contributed by atoms with Gasteiger partial charge in [0.05, 0.1) is 39.9 Å².